The topological polar surface area (TPSA) is 35.6 Å². The molecule has 3 rings (SSSR count). The molecule has 4 nitrogen and oxygen atoms in total. The zero-order chi connectivity index (χ0) is 18.9. The minimum absolute atomic E-state index is 0.135. The summed E-state index contributed by atoms with van der Waals surface area (Å²) < 4.78 is 0. The van der Waals surface area contributed by atoms with Gasteiger partial charge in [0.25, 0.3) is 0 Å². The van der Waals surface area contributed by atoms with Crippen LogP contribution < -0.4 is 5.32 Å². The maximum absolute atomic E-state index is 12.2. The van der Waals surface area contributed by atoms with Gasteiger partial charge < -0.3 is 5.32 Å². The highest BCUT2D eigenvalue weighted by molar-refractivity contribution is 7.99. The van der Waals surface area contributed by atoms with Crippen molar-refractivity contribution in [3.63, 3.8) is 0 Å². The zero-order valence-corrected chi connectivity index (χ0v) is 16.9. The van der Waals surface area contributed by atoms with Crippen LogP contribution in [0.4, 0.5) is 0 Å². The molecule has 1 aliphatic rings. The molecule has 0 atom stereocenters. The molecule has 0 saturated carbocycles. The summed E-state index contributed by atoms with van der Waals surface area (Å²) in [5.41, 5.74) is 2.76. The van der Waals surface area contributed by atoms with Crippen LogP contribution in [0.25, 0.3) is 0 Å². The van der Waals surface area contributed by atoms with Gasteiger partial charge in [0.05, 0.1) is 6.54 Å². The second kappa shape index (κ2) is 10.5. The molecule has 2 aromatic carbocycles. The molecular formula is C22H29N3OS. The summed E-state index contributed by atoms with van der Waals surface area (Å²) >= 11 is 1.78. The standard InChI is InChI=1S/C22H29N3OS/c1-19-7-5-6-8-20(19)17-24-12-14-25(15-13-24)18-22(26)23-11-16-27-21-9-3-2-4-10-21/h2-10H,11-18H2,1H3,(H,23,26). The highest BCUT2D eigenvalue weighted by atomic mass is 32.2. The number of aryl methyl sites for hydroxylation is 1. The third kappa shape index (κ3) is 6.69. The van der Waals surface area contributed by atoms with Crippen molar-refractivity contribution in [3.05, 3.63) is 65.7 Å². The molecule has 0 aliphatic carbocycles. The van der Waals surface area contributed by atoms with E-state index in [1.807, 2.05) is 18.2 Å². The molecule has 0 spiro atoms. The Labute approximate surface area is 166 Å². The lowest BCUT2D eigenvalue weighted by Crippen LogP contribution is -2.49. The highest BCUT2D eigenvalue weighted by Gasteiger charge is 2.19. The Bertz CT molecular complexity index is 715. The van der Waals surface area contributed by atoms with Gasteiger partial charge in [-0.1, -0.05) is 42.5 Å². The van der Waals surface area contributed by atoms with E-state index in [0.29, 0.717) is 13.1 Å². The molecule has 1 saturated heterocycles. The molecule has 1 aliphatic heterocycles. The molecule has 0 aromatic heterocycles. The van der Waals surface area contributed by atoms with Crippen molar-refractivity contribution in [3.8, 4) is 0 Å². The first-order valence-electron chi connectivity index (χ1n) is 9.64. The van der Waals surface area contributed by atoms with E-state index in [1.165, 1.54) is 16.0 Å². The fourth-order valence-electron chi connectivity index (χ4n) is 3.27. The molecule has 1 amide bonds. The van der Waals surface area contributed by atoms with Crippen molar-refractivity contribution in [2.24, 2.45) is 0 Å². The molecule has 1 heterocycles. The maximum atomic E-state index is 12.2. The largest absolute Gasteiger partial charge is 0.354 e. The van der Waals surface area contributed by atoms with Crippen LogP contribution in [0.3, 0.4) is 0 Å². The first-order chi connectivity index (χ1) is 13.2. The van der Waals surface area contributed by atoms with Gasteiger partial charge in [0, 0.05) is 49.9 Å². The zero-order valence-electron chi connectivity index (χ0n) is 16.1. The molecule has 2 aromatic rings. The third-order valence-electron chi connectivity index (χ3n) is 4.92. The summed E-state index contributed by atoms with van der Waals surface area (Å²) in [6.45, 7) is 8.35. The van der Waals surface area contributed by atoms with Gasteiger partial charge in [-0.05, 0) is 30.2 Å². The van der Waals surface area contributed by atoms with E-state index >= 15 is 0 Å². The second-order valence-corrected chi connectivity index (χ2v) is 8.16. The average Bonchev–Trinajstić information content (AvgIpc) is 2.69. The number of hydrogen-bond acceptors (Lipinski definition) is 4. The average molecular weight is 384 g/mol. The summed E-state index contributed by atoms with van der Waals surface area (Å²) in [6.07, 6.45) is 0. The molecule has 5 heteroatoms. The van der Waals surface area contributed by atoms with Crippen LogP contribution in [0.2, 0.25) is 0 Å². The van der Waals surface area contributed by atoms with Crippen molar-refractivity contribution in [1.82, 2.24) is 15.1 Å². The number of nitrogens with zero attached hydrogens (tertiary/aromatic N) is 2. The Morgan fingerprint density at radius 2 is 1.63 bits per heavy atom. The summed E-state index contributed by atoms with van der Waals surface area (Å²) in [4.78, 5) is 18.1. The van der Waals surface area contributed by atoms with Gasteiger partial charge in [0.2, 0.25) is 5.91 Å². The number of nitrogens with one attached hydrogen (secondary N) is 1. The van der Waals surface area contributed by atoms with E-state index in [-0.39, 0.29) is 5.91 Å². The van der Waals surface area contributed by atoms with E-state index in [1.54, 1.807) is 11.8 Å². The van der Waals surface area contributed by atoms with Gasteiger partial charge in [-0.25, -0.2) is 0 Å². The Balaban J connectivity index is 1.30. The normalized spacial score (nSPS) is 15.6. The molecule has 0 unspecified atom stereocenters. The molecule has 1 N–H and O–H groups in total. The van der Waals surface area contributed by atoms with E-state index in [4.69, 9.17) is 0 Å². The van der Waals surface area contributed by atoms with Gasteiger partial charge in [0.1, 0.15) is 0 Å². The summed E-state index contributed by atoms with van der Waals surface area (Å²) in [6, 6.07) is 18.9. The van der Waals surface area contributed by atoms with Gasteiger partial charge in [0.15, 0.2) is 0 Å². The van der Waals surface area contributed by atoms with Gasteiger partial charge >= 0.3 is 0 Å². The predicted molar refractivity (Wildman–Crippen MR) is 113 cm³/mol. The lowest BCUT2D eigenvalue weighted by molar-refractivity contribution is -0.122. The molecule has 27 heavy (non-hydrogen) atoms. The first-order valence-corrected chi connectivity index (χ1v) is 10.6. The second-order valence-electron chi connectivity index (χ2n) is 6.99. The highest BCUT2D eigenvalue weighted by Crippen LogP contribution is 2.16. The monoisotopic (exact) mass is 383 g/mol. The molecule has 0 bridgehead atoms. The Morgan fingerprint density at radius 1 is 0.963 bits per heavy atom. The van der Waals surface area contributed by atoms with Crippen LogP contribution in [-0.4, -0.2) is 60.7 Å². The van der Waals surface area contributed by atoms with E-state index < -0.39 is 0 Å². The van der Waals surface area contributed by atoms with Crippen LogP contribution in [-0.2, 0) is 11.3 Å². The number of hydrogen-bond donors (Lipinski definition) is 1. The summed E-state index contributed by atoms with van der Waals surface area (Å²) in [5, 5.41) is 3.04. The van der Waals surface area contributed by atoms with Crippen molar-refractivity contribution in [2.75, 3.05) is 45.0 Å². The Morgan fingerprint density at radius 3 is 2.37 bits per heavy atom. The van der Waals surface area contributed by atoms with Crippen LogP contribution in [0.5, 0.6) is 0 Å². The third-order valence-corrected chi connectivity index (χ3v) is 5.94. The maximum Gasteiger partial charge on any atom is 0.234 e. The minimum Gasteiger partial charge on any atom is -0.354 e. The molecule has 0 radical (unpaired) electrons. The van der Waals surface area contributed by atoms with Crippen LogP contribution >= 0.6 is 11.8 Å². The van der Waals surface area contributed by atoms with Gasteiger partial charge in [-0.3, -0.25) is 14.6 Å². The van der Waals surface area contributed by atoms with Crippen molar-refractivity contribution in [1.29, 1.82) is 0 Å². The smallest absolute Gasteiger partial charge is 0.234 e. The van der Waals surface area contributed by atoms with Crippen LogP contribution in [0.1, 0.15) is 11.1 Å². The number of carbonyl (C=O) groups excluding carboxylic acids is 1. The van der Waals surface area contributed by atoms with Gasteiger partial charge in [-0.15, -0.1) is 11.8 Å². The minimum atomic E-state index is 0.135. The quantitative estimate of drug-likeness (QED) is 0.561. The number of carbonyl (C=O) groups is 1. The number of piperazine rings is 1. The van der Waals surface area contributed by atoms with Crippen LogP contribution in [0, 0.1) is 6.92 Å². The van der Waals surface area contributed by atoms with Crippen molar-refractivity contribution in [2.45, 2.75) is 18.4 Å². The molecular weight excluding hydrogens is 354 g/mol. The van der Waals surface area contributed by atoms with Crippen molar-refractivity contribution < 1.29 is 4.79 Å². The summed E-state index contributed by atoms with van der Waals surface area (Å²) in [7, 11) is 0. The lowest BCUT2D eigenvalue weighted by Gasteiger charge is -2.34. The van der Waals surface area contributed by atoms with E-state index in [9.17, 15) is 4.79 Å². The first kappa shape index (κ1) is 19.9. The van der Waals surface area contributed by atoms with Crippen LogP contribution in [0.15, 0.2) is 59.5 Å². The fraction of sp³-hybridized carbons (Fsp3) is 0.409. The SMILES string of the molecule is Cc1ccccc1CN1CCN(CC(=O)NCCSc2ccccc2)CC1. The van der Waals surface area contributed by atoms with Gasteiger partial charge in [-0.2, -0.15) is 0 Å². The predicted octanol–water partition coefficient (Wildman–Crippen LogP) is 3.02. The fourth-order valence-corrected chi connectivity index (χ4v) is 4.06. The van der Waals surface area contributed by atoms with E-state index in [0.717, 1.165) is 38.5 Å². The molecule has 1 fully saturated rings. The number of benzene rings is 2. The number of rotatable bonds is 8. The van der Waals surface area contributed by atoms with E-state index in [2.05, 4.69) is 58.4 Å². The number of amides is 1. The number of thioether (sulfide) groups is 1. The lowest BCUT2D eigenvalue weighted by atomic mass is 10.1. The Hall–Kier alpha value is -1.82. The molecule has 144 valence electrons. The summed E-state index contributed by atoms with van der Waals surface area (Å²) in [5.74, 6) is 1.04. The van der Waals surface area contributed by atoms with Crippen molar-refractivity contribution >= 4 is 17.7 Å². The Kier molecular flexibility index (Phi) is 7.75.